The fourth-order valence-electron chi connectivity index (χ4n) is 5.83. The molecule has 0 bridgehead atoms. The lowest BCUT2D eigenvalue weighted by molar-refractivity contribution is 0.122. The Labute approximate surface area is 226 Å². The van der Waals surface area contributed by atoms with Gasteiger partial charge in [0, 0.05) is 44.3 Å². The first kappa shape index (κ1) is 26.3. The predicted molar refractivity (Wildman–Crippen MR) is 145 cm³/mol. The topological polar surface area (TPSA) is 105 Å². The summed E-state index contributed by atoms with van der Waals surface area (Å²) in [6.45, 7) is 3.55. The summed E-state index contributed by atoms with van der Waals surface area (Å²) in [7, 11) is -2.90. The van der Waals surface area contributed by atoms with Crippen LogP contribution in [0.1, 0.15) is 37.9 Å². The smallest absolute Gasteiger partial charge is 0.296 e. The molecular weight excluding hydrogens is 528 g/mol. The monoisotopic (exact) mass is 561 g/mol. The van der Waals surface area contributed by atoms with Gasteiger partial charge in [-0.2, -0.15) is 9.97 Å². The van der Waals surface area contributed by atoms with Crippen molar-refractivity contribution in [3.63, 3.8) is 0 Å². The molecule has 1 aliphatic carbocycles. The van der Waals surface area contributed by atoms with Gasteiger partial charge >= 0.3 is 0 Å². The quantitative estimate of drug-likeness (QED) is 0.486. The molecule has 10 nitrogen and oxygen atoms in total. The highest BCUT2D eigenvalue weighted by atomic mass is 32.2. The van der Waals surface area contributed by atoms with E-state index in [0.717, 1.165) is 25.7 Å². The van der Waals surface area contributed by atoms with Crippen molar-refractivity contribution >= 4 is 32.6 Å². The van der Waals surface area contributed by atoms with E-state index in [1.54, 1.807) is 30.3 Å². The van der Waals surface area contributed by atoms with Crippen LogP contribution in [0.3, 0.4) is 0 Å². The number of fused-ring (bicyclic) bond motifs is 1. The third-order valence-electron chi connectivity index (χ3n) is 7.95. The van der Waals surface area contributed by atoms with Crippen LogP contribution in [0.4, 0.5) is 20.5 Å². The highest BCUT2D eigenvalue weighted by molar-refractivity contribution is 7.91. The molecule has 0 amide bonds. The van der Waals surface area contributed by atoms with Gasteiger partial charge < -0.3 is 15.0 Å². The van der Waals surface area contributed by atoms with Crippen molar-refractivity contribution in [1.29, 1.82) is 0 Å². The van der Waals surface area contributed by atoms with Crippen LogP contribution in [-0.4, -0.2) is 95.8 Å². The molecule has 0 spiro atoms. The van der Waals surface area contributed by atoms with Gasteiger partial charge in [0.2, 0.25) is 5.95 Å². The first-order valence-electron chi connectivity index (χ1n) is 13.5. The lowest BCUT2D eigenvalue weighted by Gasteiger charge is -2.39. The number of anilines is 2. The van der Waals surface area contributed by atoms with Crippen molar-refractivity contribution in [2.75, 3.05) is 61.1 Å². The van der Waals surface area contributed by atoms with Crippen molar-refractivity contribution < 1.29 is 21.9 Å². The number of nitrogens with one attached hydrogen (secondary N) is 1. The normalized spacial score (nSPS) is 24.3. The van der Waals surface area contributed by atoms with Crippen LogP contribution in [-0.2, 0) is 14.6 Å². The summed E-state index contributed by atoms with van der Waals surface area (Å²) < 4.78 is 58.8. The Morgan fingerprint density at radius 1 is 0.949 bits per heavy atom. The lowest BCUT2D eigenvalue weighted by atomic mass is 9.90. The Kier molecular flexibility index (Phi) is 7.38. The van der Waals surface area contributed by atoms with Gasteiger partial charge in [0.15, 0.2) is 15.7 Å². The predicted octanol–water partition coefficient (Wildman–Crippen LogP) is 3.04. The fourth-order valence-corrected chi connectivity index (χ4v) is 7.06. The third kappa shape index (κ3) is 5.71. The molecule has 2 saturated heterocycles. The molecule has 3 aliphatic rings. The number of rotatable bonds is 6. The van der Waals surface area contributed by atoms with Crippen LogP contribution < -0.4 is 10.2 Å². The minimum atomic E-state index is -2.90. The van der Waals surface area contributed by atoms with Crippen molar-refractivity contribution in [3.8, 4) is 5.82 Å². The highest BCUT2D eigenvalue weighted by Gasteiger charge is 2.31. The number of ether oxygens (including phenoxy) is 1. The van der Waals surface area contributed by atoms with Crippen LogP contribution in [0.25, 0.3) is 16.9 Å². The SMILES string of the molecule is O=S1(=O)CCN([C@H]2CC[C@H](Nc3cc(-n4c(C(F)F)nc5ccccc54)nc(N4CCOCC4)n3)CC2)CC1. The zero-order valence-electron chi connectivity index (χ0n) is 21.7. The third-order valence-corrected chi connectivity index (χ3v) is 9.56. The maximum atomic E-state index is 14.1. The molecule has 13 heteroatoms. The number of imidazole rings is 1. The van der Waals surface area contributed by atoms with Gasteiger partial charge in [-0.15, -0.1) is 0 Å². The minimum absolute atomic E-state index is 0.171. The largest absolute Gasteiger partial charge is 0.378 e. The maximum Gasteiger partial charge on any atom is 0.296 e. The minimum Gasteiger partial charge on any atom is -0.378 e. The van der Waals surface area contributed by atoms with E-state index in [4.69, 9.17) is 14.7 Å². The fraction of sp³-hybridized carbons (Fsp3) is 0.577. The van der Waals surface area contributed by atoms with Crippen LogP contribution in [0.5, 0.6) is 0 Å². The van der Waals surface area contributed by atoms with Crippen LogP contribution in [0, 0.1) is 0 Å². The summed E-state index contributed by atoms with van der Waals surface area (Å²) in [6.07, 6.45) is 0.990. The van der Waals surface area contributed by atoms with E-state index in [2.05, 4.69) is 15.2 Å². The molecule has 4 heterocycles. The number of alkyl halides is 2. The standard InChI is InChI=1S/C26H33F2N7O3S/c27-24(28)25-30-20-3-1-2-4-21(20)35(25)23-17-22(31-26(32-23)34-9-13-38-14-10-34)29-18-5-7-19(8-6-18)33-11-15-39(36,37)16-12-33/h1-4,17-19,24H,5-16H2,(H,29,31,32)/t18-,19-. The number of para-hydroxylation sites is 2. The molecule has 3 fully saturated rings. The molecule has 0 unspecified atom stereocenters. The van der Waals surface area contributed by atoms with Gasteiger partial charge in [-0.1, -0.05) is 12.1 Å². The summed E-state index contributed by atoms with van der Waals surface area (Å²) >= 11 is 0. The second kappa shape index (κ2) is 10.9. The van der Waals surface area contributed by atoms with E-state index < -0.39 is 16.3 Å². The Balaban J connectivity index is 1.26. The van der Waals surface area contributed by atoms with Crippen molar-refractivity contribution in [1.82, 2.24) is 24.4 Å². The van der Waals surface area contributed by atoms with E-state index in [1.807, 2.05) is 4.90 Å². The summed E-state index contributed by atoms with van der Waals surface area (Å²) in [5.41, 5.74) is 1.05. The molecule has 3 aromatic rings. The number of benzene rings is 1. The van der Waals surface area contributed by atoms with Crippen LogP contribution >= 0.6 is 0 Å². The first-order valence-corrected chi connectivity index (χ1v) is 15.4. The molecule has 1 N–H and O–H groups in total. The van der Waals surface area contributed by atoms with E-state index >= 15 is 0 Å². The summed E-state index contributed by atoms with van der Waals surface area (Å²) in [5.74, 6) is 1.54. The first-order chi connectivity index (χ1) is 18.9. The molecule has 2 aromatic heterocycles. The van der Waals surface area contributed by atoms with Gasteiger partial charge in [-0.25, -0.2) is 22.2 Å². The maximum absolute atomic E-state index is 14.1. The average molecular weight is 562 g/mol. The Bertz CT molecular complexity index is 1410. The van der Waals surface area contributed by atoms with Crippen LogP contribution in [0.2, 0.25) is 0 Å². The van der Waals surface area contributed by atoms with Crippen LogP contribution in [0.15, 0.2) is 30.3 Å². The Morgan fingerprint density at radius 2 is 1.67 bits per heavy atom. The van der Waals surface area contributed by atoms with E-state index in [1.165, 1.54) is 4.57 Å². The van der Waals surface area contributed by atoms with Gasteiger partial charge in [0.1, 0.15) is 11.6 Å². The zero-order valence-corrected chi connectivity index (χ0v) is 22.5. The second-order valence-corrected chi connectivity index (χ2v) is 12.7. The second-order valence-electron chi connectivity index (χ2n) is 10.4. The highest BCUT2D eigenvalue weighted by Crippen LogP contribution is 2.31. The molecule has 210 valence electrons. The number of hydrogen-bond acceptors (Lipinski definition) is 9. The molecule has 1 aromatic carbocycles. The summed E-state index contributed by atoms with van der Waals surface area (Å²) in [5, 5.41) is 3.55. The van der Waals surface area contributed by atoms with Crippen molar-refractivity contribution in [2.24, 2.45) is 0 Å². The summed E-state index contributed by atoms with van der Waals surface area (Å²) in [4.78, 5) is 18.0. The number of halogens is 2. The van der Waals surface area contributed by atoms with Gasteiger partial charge in [-0.05, 0) is 37.8 Å². The van der Waals surface area contributed by atoms with Crippen molar-refractivity contribution in [3.05, 3.63) is 36.2 Å². The molecular formula is C26H33F2N7O3S. The average Bonchev–Trinajstić information content (AvgIpc) is 3.34. The number of aromatic nitrogens is 4. The zero-order chi connectivity index (χ0) is 27.0. The van der Waals surface area contributed by atoms with Gasteiger partial charge in [0.25, 0.3) is 6.43 Å². The van der Waals surface area contributed by atoms with Gasteiger partial charge in [0.05, 0.1) is 35.8 Å². The Morgan fingerprint density at radius 3 is 2.38 bits per heavy atom. The molecule has 6 rings (SSSR count). The number of morpholine rings is 1. The van der Waals surface area contributed by atoms with E-state index in [0.29, 0.717) is 74.1 Å². The molecule has 39 heavy (non-hydrogen) atoms. The molecule has 0 atom stereocenters. The van der Waals surface area contributed by atoms with Crippen molar-refractivity contribution in [2.45, 2.75) is 44.2 Å². The number of sulfone groups is 1. The number of hydrogen-bond donors (Lipinski definition) is 1. The number of nitrogens with zero attached hydrogens (tertiary/aromatic N) is 6. The molecule has 0 radical (unpaired) electrons. The van der Waals surface area contributed by atoms with Gasteiger partial charge in [-0.3, -0.25) is 9.47 Å². The summed E-state index contributed by atoms with van der Waals surface area (Å²) in [6, 6.07) is 9.35. The lowest BCUT2D eigenvalue weighted by Crippen LogP contribution is -2.48. The van der Waals surface area contributed by atoms with E-state index in [9.17, 15) is 17.2 Å². The molecule has 2 aliphatic heterocycles. The Hall–Kier alpha value is -2.90. The van der Waals surface area contributed by atoms with E-state index in [-0.39, 0.29) is 23.4 Å². The molecule has 1 saturated carbocycles.